The van der Waals surface area contributed by atoms with Gasteiger partial charge in [-0.2, -0.15) is 0 Å². The molecule has 1 aromatic carbocycles. The Kier molecular flexibility index (Phi) is 4.98. The van der Waals surface area contributed by atoms with E-state index in [1.165, 1.54) is 0 Å². The summed E-state index contributed by atoms with van der Waals surface area (Å²) in [5, 5.41) is 18.7. The monoisotopic (exact) mass is 278 g/mol. The number of aliphatic carboxylic acids is 1. The summed E-state index contributed by atoms with van der Waals surface area (Å²) >= 11 is 0. The summed E-state index contributed by atoms with van der Waals surface area (Å²) < 4.78 is 0. The molecular weight excluding hydrogens is 256 g/mol. The summed E-state index contributed by atoms with van der Waals surface area (Å²) in [6.07, 6.45) is 0.958. The number of hydrogen-bond acceptors (Lipinski definition) is 4. The van der Waals surface area contributed by atoms with Crippen molar-refractivity contribution < 1.29 is 15.0 Å². The Morgan fingerprint density at radius 2 is 1.90 bits per heavy atom. The van der Waals surface area contributed by atoms with Gasteiger partial charge in [-0.15, -0.1) is 0 Å². The number of aromatic hydroxyl groups is 1. The lowest BCUT2D eigenvalue weighted by molar-refractivity contribution is -0.138. The van der Waals surface area contributed by atoms with E-state index < -0.39 is 5.97 Å². The minimum absolute atomic E-state index is 0.115. The van der Waals surface area contributed by atoms with Crippen LogP contribution in [0.25, 0.3) is 0 Å². The summed E-state index contributed by atoms with van der Waals surface area (Å²) in [6, 6.07) is 5.64. The number of carboxylic acids is 1. The summed E-state index contributed by atoms with van der Waals surface area (Å²) in [6.45, 7) is 6.20. The van der Waals surface area contributed by atoms with E-state index in [0.717, 1.165) is 43.7 Å². The van der Waals surface area contributed by atoms with Gasteiger partial charge < -0.3 is 10.2 Å². The number of nitrogens with zero attached hydrogens (tertiary/aromatic N) is 2. The Bertz CT molecular complexity index is 476. The van der Waals surface area contributed by atoms with Gasteiger partial charge in [0, 0.05) is 31.7 Å². The molecule has 20 heavy (non-hydrogen) atoms. The molecule has 5 nitrogen and oxygen atoms in total. The predicted molar refractivity (Wildman–Crippen MR) is 76.8 cm³/mol. The van der Waals surface area contributed by atoms with Gasteiger partial charge in [0.25, 0.3) is 0 Å². The molecule has 0 amide bonds. The third-order valence-electron chi connectivity index (χ3n) is 3.67. The first-order valence-corrected chi connectivity index (χ1v) is 6.99. The maximum absolute atomic E-state index is 10.7. The summed E-state index contributed by atoms with van der Waals surface area (Å²) in [5.74, 6) is -0.433. The van der Waals surface area contributed by atoms with Crippen molar-refractivity contribution >= 4 is 5.97 Å². The molecule has 110 valence electrons. The third-order valence-corrected chi connectivity index (χ3v) is 3.67. The van der Waals surface area contributed by atoms with E-state index >= 15 is 0 Å². The Morgan fingerprint density at radius 1 is 1.20 bits per heavy atom. The van der Waals surface area contributed by atoms with Gasteiger partial charge in [0.05, 0.1) is 6.54 Å². The molecule has 1 aliphatic heterocycles. The van der Waals surface area contributed by atoms with Crippen molar-refractivity contribution in [1.29, 1.82) is 0 Å². The molecule has 1 saturated heterocycles. The molecule has 2 rings (SSSR count). The second kappa shape index (κ2) is 6.72. The van der Waals surface area contributed by atoms with Gasteiger partial charge in [-0.05, 0) is 26.0 Å². The van der Waals surface area contributed by atoms with E-state index in [-0.39, 0.29) is 6.54 Å². The molecule has 0 radical (unpaired) electrons. The van der Waals surface area contributed by atoms with E-state index in [0.29, 0.717) is 12.3 Å². The van der Waals surface area contributed by atoms with Crippen LogP contribution >= 0.6 is 0 Å². The summed E-state index contributed by atoms with van der Waals surface area (Å²) in [4.78, 5) is 15.0. The van der Waals surface area contributed by atoms with E-state index in [9.17, 15) is 9.90 Å². The number of carboxylic acid groups (broad SMARTS) is 1. The summed E-state index contributed by atoms with van der Waals surface area (Å²) in [5.41, 5.74) is 2.08. The Morgan fingerprint density at radius 3 is 2.65 bits per heavy atom. The first-order valence-electron chi connectivity index (χ1n) is 6.99. The maximum atomic E-state index is 10.7. The average molecular weight is 278 g/mol. The maximum Gasteiger partial charge on any atom is 0.317 e. The Balaban J connectivity index is 1.94. The predicted octanol–water partition coefficient (Wildman–Crippen LogP) is 1.29. The van der Waals surface area contributed by atoms with Crippen molar-refractivity contribution in [3.8, 4) is 5.75 Å². The van der Waals surface area contributed by atoms with Crippen LogP contribution in [0.4, 0.5) is 0 Å². The van der Waals surface area contributed by atoms with E-state index in [4.69, 9.17) is 5.11 Å². The van der Waals surface area contributed by atoms with E-state index in [2.05, 4.69) is 4.90 Å². The third kappa shape index (κ3) is 4.21. The number of rotatable bonds is 4. The molecule has 1 aromatic rings. The summed E-state index contributed by atoms with van der Waals surface area (Å²) in [7, 11) is 0. The lowest BCUT2D eigenvalue weighted by atomic mass is 10.1. The topological polar surface area (TPSA) is 64.0 Å². The smallest absolute Gasteiger partial charge is 0.317 e. The van der Waals surface area contributed by atoms with Gasteiger partial charge in [0.2, 0.25) is 0 Å². The van der Waals surface area contributed by atoms with Gasteiger partial charge in [-0.1, -0.05) is 17.7 Å². The van der Waals surface area contributed by atoms with Crippen molar-refractivity contribution in [1.82, 2.24) is 9.80 Å². The quantitative estimate of drug-likeness (QED) is 0.869. The molecule has 2 N–H and O–H groups in total. The van der Waals surface area contributed by atoms with Crippen molar-refractivity contribution in [2.24, 2.45) is 0 Å². The van der Waals surface area contributed by atoms with Gasteiger partial charge in [-0.3, -0.25) is 14.6 Å². The highest BCUT2D eigenvalue weighted by molar-refractivity contribution is 5.69. The number of phenols is 1. The minimum Gasteiger partial charge on any atom is -0.508 e. The number of phenolic OH excluding ortho intramolecular Hbond substituents is 1. The zero-order chi connectivity index (χ0) is 14.5. The number of benzene rings is 1. The van der Waals surface area contributed by atoms with Crippen molar-refractivity contribution in [3.05, 3.63) is 29.3 Å². The van der Waals surface area contributed by atoms with Gasteiger partial charge >= 0.3 is 5.97 Å². The first-order chi connectivity index (χ1) is 9.54. The Labute approximate surface area is 119 Å². The zero-order valence-electron chi connectivity index (χ0n) is 11.9. The highest BCUT2D eigenvalue weighted by Gasteiger charge is 2.17. The molecule has 0 bridgehead atoms. The van der Waals surface area contributed by atoms with Crippen LogP contribution < -0.4 is 0 Å². The van der Waals surface area contributed by atoms with Crippen molar-refractivity contribution in [2.45, 2.75) is 19.9 Å². The Hall–Kier alpha value is -1.59. The molecule has 0 aliphatic carbocycles. The molecule has 0 unspecified atom stereocenters. The fourth-order valence-electron chi connectivity index (χ4n) is 2.61. The van der Waals surface area contributed by atoms with Crippen LogP contribution in [0.5, 0.6) is 5.75 Å². The molecule has 0 aromatic heterocycles. The average Bonchev–Trinajstić information content (AvgIpc) is 2.59. The van der Waals surface area contributed by atoms with E-state index in [1.807, 2.05) is 24.0 Å². The zero-order valence-corrected chi connectivity index (χ0v) is 11.9. The molecule has 1 fully saturated rings. The molecule has 0 atom stereocenters. The normalized spacial score (nSPS) is 17.9. The molecule has 5 heteroatoms. The lowest BCUT2D eigenvalue weighted by Crippen LogP contribution is -2.34. The largest absolute Gasteiger partial charge is 0.508 e. The van der Waals surface area contributed by atoms with Crippen LogP contribution in [0.3, 0.4) is 0 Å². The number of carbonyl (C=O) groups is 1. The van der Waals surface area contributed by atoms with Crippen LogP contribution in [0.15, 0.2) is 18.2 Å². The highest BCUT2D eigenvalue weighted by Crippen LogP contribution is 2.20. The first kappa shape index (κ1) is 14.8. The second-order valence-corrected chi connectivity index (χ2v) is 5.43. The van der Waals surface area contributed by atoms with Crippen molar-refractivity contribution in [3.63, 3.8) is 0 Å². The van der Waals surface area contributed by atoms with E-state index in [1.54, 1.807) is 6.07 Å². The fraction of sp³-hybridized carbons (Fsp3) is 0.533. The molecule has 0 spiro atoms. The fourth-order valence-corrected chi connectivity index (χ4v) is 2.61. The number of aryl methyl sites for hydroxylation is 1. The molecular formula is C15H22N2O3. The minimum atomic E-state index is -0.769. The molecule has 0 saturated carbocycles. The standard InChI is InChI=1S/C15H22N2O3/c1-12-3-4-14(18)13(9-12)10-16-5-2-6-17(8-7-16)11-15(19)20/h3-4,9,18H,2,5-8,10-11H2,1H3,(H,19,20). The van der Waals surface area contributed by atoms with Crippen LogP contribution in [0.2, 0.25) is 0 Å². The van der Waals surface area contributed by atoms with Crippen LogP contribution in [-0.2, 0) is 11.3 Å². The molecule has 1 aliphatic rings. The number of hydrogen-bond donors (Lipinski definition) is 2. The SMILES string of the molecule is Cc1ccc(O)c(CN2CCCN(CC(=O)O)CC2)c1. The van der Waals surface area contributed by atoms with Crippen LogP contribution in [0, 0.1) is 6.92 Å². The van der Waals surface area contributed by atoms with Gasteiger partial charge in [-0.25, -0.2) is 0 Å². The van der Waals surface area contributed by atoms with Crippen LogP contribution in [-0.4, -0.2) is 58.7 Å². The lowest BCUT2D eigenvalue weighted by Gasteiger charge is -2.21. The molecule has 1 heterocycles. The van der Waals surface area contributed by atoms with Gasteiger partial charge in [0.15, 0.2) is 0 Å². The second-order valence-electron chi connectivity index (χ2n) is 5.43. The van der Waals surface area contributed by atoms with Crippen LogP contribution in [0.1, 0.15) is 17.5 Å². The van der Waals surface area contributed by atoms with Crippen molar-refractivity contribution in [2.75, 3.05) is 32.7 Å². The highest BCUT2D eigenvalue weighted by atomic mass is 16.4. The van der Waals surface area contributed by atoms with Gasteiger partial charge in [0.1, 0.15) is 5.75 Å².